The van der Waals surface area contributed by atoms with Crippen LogP contribution < -0.4 is 14.8 Å². The van der Waals surface area contributed by atoms with E-state index in [-0.39, 0.29) is 47.7 Å². The first-order valence-electron chi connectivity index (χ1n) is 10.8. The van der Waals surface area contributed by atoms with Crippen LogP contribution in [0.2, 0.25) is 0 Å². The smallest absolute Gasteiger partial charge is 0.322 e. The lowest BCUT2D eigenvalue weighted by atomic mass is 10.2. The molecule has 4 rings (SSSR count). The Kier molecular flexibility index (Phi) is 7.05. The molecule has 0 aliphatic carbocycles. The van der Waals surface area contributed by atoms with Crippen LogP contribution in [0.15, 0.2) is 51.8 Å². The molecule has 1 aliphatic rings. The number of sulfonamides is 1. The van der Waals surface area contributed by atoms with Crippen molar-refractivity contribution in [3.05, 3.63) is 48.0 Å². The van der Waals surface area contributed by atoms with Crippen molar-refractivity contribution in [1.29, 1.82) is 0 Å². The largest absolute Gasteiger partial charge is 0.497 e. The monoisotopic (exact) mass is 502 g/mol. The highest BCUT2D eigenvalue weighted by molar-refractivity contribution is 7.89. The van der Waals surface area contributed by atoms with E-state index in [9.17, 15) is 13.2 Å². The van der Waals surface area contributed by atoms with E-state index in [4.69, 9.17) is 18.6 Å². The van der Waals surface area contributed by atoms with Gasteiger partial charge >= 0.3 is 6.01 Å². The molecule has 1 amide bonds. The molecular weight excluding hydrogens is 476 g/mol. The summed E-state index contributed by atoms with van der Waals surface area (Å²) in [7, 11) is -0.659. The summed E-state index contributed by atoms with van der Waals surface area (Å²) in [5.41, 5.74) is 0.783. The van der Waals surface area contributed by atoms with Gasteiger partial charge in [0, 0.05) is 30.3 Å². The number of carbonyl (C=O) groups is 1. The molecule has 3 aromatic rings. The zero-order chi connectivity index (χ0) is 25.2. The van der Waals surface area contributed by atoms with Gasteiger partial charge in [-0.2, -0.15) is 4.31 Å². The maximum Gasteiger partial charge on any atom is 0.322 e. The first-order valence-corrected chi connectivity index (χ1v) is 12.3. The van der Waals surface area contributed by atoms with Crippen LogP contribution in [0.4, 0.5) is 6.01 Å². The lowest BCUT2D eigenvalue weighted by Gasteiger charge is -2.34. The van der Waals surface area contributed by atoms with Crippen molar-refractivity contribution in [3.8, 4) is 23.0 Å². The van der Waals surface area contributed by atoms with Gasteiger partial charge in [0.1, 0.15) is 11.5 Å². The number of nitrogens with zero attached hydrogens (tertiary/aromatic N) is 3. The molecule has 1 fully saturated rings. The number of nitrogens with one attached hydrogen (secondary N) is 1. The predicted molar refractivity (Wildman–Crippen MR) is 126 cm³/mol. The fourth-order valence-corrected chi connectivity index (χ4v) is 5.34. The second-order valence-corrected chi connectivity index (χ2v) is 10.0. The average molecular weight is 503 g/mol. The molecule has 0 bridgehead atoms. The topological polar surface area (TPSA) is 133 Å². The molecule has 1 saturated heterocycles. The van der Waals surface area contributed by atoms with E-state index in [1.54, 1.807) is 18.2 Å². The second kappa shape index (κ2) is 10.0. The number of hydrogen-bond donors (Lipinski definition) is 1. The Labute approximate surface area is 203 Å². The van der Waals surface area contributed by atoms with E-state index in [0.717, 1.165) is 0 Å². The number of rotatable bonds is 7. The third-order valence-electron chi connectivity index (χ3n) is 5.38. The number of methoxy groups -OCH3 is 2. The highest BCUT2D eigenvalue weighted by Gasteiger charge is 2.32. The van der Waals surface area contributed by atoms with E-state index in [0.29, 0.717) is 17.1 Å². The van der Waals surface area contributed by atoms with Gasteiger partial charge in [0.05, 0.1) is 31.3 Å². The van der Waals surface area contributed by atoms with E-state index in [1.807, 2.05) is 13.8 Å². The molecule has 2 aromatic carbocycles. The molecule has 11 nitrogen and oxygen atoms in total. The maximum absolute atomic E-state index is 13.0. The Morgan fingerprint density at radius 1 is 1.00 bits per heavy atom. The number of benzene rings is 2. The standard InChI is InChI=1S/C23H26N4O7S/c1-14-12-27(13-15(2)33-14)35(29,30)20-7-5-16(6-8-20)21(28)24-23-26-25-22(34-23)17-9-18(31-3)11-19(10-17)32-4/h5-11,14-15H,12-13H2,1-4H3,(H,24,26,28)/t14-,15-/m1/s1. The third kappa shape index (κ3) is 5.45. The van der Waals surface area contributed by atoms with Crippen molar-refractivity contribution in [2.24, 2.45) is 0 Å². The molecule has 1 aromatic heterocycles. The summed E-state index contributed by atoms with van der Waals surface area (Å²) < 4.78 is 49.0. The summed E-state index contributed by atoms with van der Waals surface area (Å²) in [6, 6.07) is 10.6. The summed E-state index contributed by atoms with van der Waals surface area (Å²) in [4.78, 5) is 12.8. The van der Waals surface area contributed by atoms with Crippen molar-refractivity contribution < 1.29 is 31.8 Å². The number of amides is 1. The summed E-state index contributed by atoms with van der Waals surface area (Å²) in [5, 5.41) is 10.3. The maximum atomic E-state index is 13.0. The Morgan fingerprint density at radius 3 is 2.17 bits per heavy atom. The van der Waals surface area contributed by atoms with Gasteiger partial charge in [-0.1, -0.05) is 5.10 Å². The fourth-order valence-electron chi connectivity index (χ4n) is 3.74. The van der Waals surface area contributed by atoms with Gasteiger partial charge in [-0.05, 0) is 50.2 Å². The van der Waals surface area contributed by atoms with Crippen LogP contribution in [0.3, 0.4) is 0 Å². The average Bonchev–Trinajstić information content (AvgIpc) is 3.31. The number of morpholine rings is 1. The summed E-state index contributed by atoms with van der Waals surface area (Å²) in [6.07, 6.45) is -0.396. The molecule has 1 aliphatic heterocycles. The predicted octanol–water partition coefficient (Wildman–Crippen LogP) is 2.80. The molecular formula is C23H26N4O7S. The summed E-state index contributed by atoms with van der Waals surface area (Å²) in [5.74, 6) is 0.715. The van der Waals surface area contributed by atoms with Gasteiger partial charge in [0.2, 0.25) is 15.9 Å². The van der Waals surface area contributed by atoms with E-state index in [1.165, 1.54) is 42.8 Å². The lowest BCUT2D eigenvalue weighted by Crippen LogP contribution is -2.48. The number of aromatic nitrogens is 2. The van der Waals surface area contributed by atoms with Crippen molar-refractivity contribution in [3.63, 3.8) is 0 Å². The van der Waals surface area contributed by atoms with Gasteiger partial charge in [0.15, 0.2) is 0 Å². The molecule has 0 saturated carbocycles. The number of hydrogen-bond acceptors (Lipinski definition) is 9. The minimum absolute atomic E-state index is 0.0994. The van der Waals surface area contributed by atoms with Crippen LogP contribution in [-0.4, -0.2) is 68.3 Å². The van der Waals surface area contributed by atoms with Gasteiger partial charge in [-0.15, -0.1) is 5.10 Å². The first-order chi connectivity index (χ1) is 16.7. The van der Waals surface area contributed by atoms with Crippen molar-refractivity contribution in [2.75, 3.05) is 32.6 Å². The van der Waals surface area contributed by atoms with Gasteiger partial charge in [-0.25, -0.2) is 8.42 Å². The van der Waals surface area contributed by atoms with Crippen molar-refractivity contribution in [1.82, 2.24) is 14.5 Å². The van der Waals surface area contributed by atoms with E-state index >= 15 is 0 Å². The lowest BCUT2D eigenvalue weighted by molar-refractivity contribution is -0.0440. The second-order valence-electron chi connectivity index (χ2n) is 8.07. The normalized spacial score (nSPS) is 18.7. The molecule has 2 heterocycles. The van der Waals surface area contributed by atoms with Crippen LogP contribution in [0.25, 0.3) is 11.5 Å². The third-order valence-corrected chi connectivity index (χ3v) is 7.23. The Bertz CT molecular complexity index is 1280. The Morgan fingerprint density at radius 2 is 1.60 bits per heavy atom. The van der Waals surface area contributed by atoms with Crippen molar-refractivity contribution in [2.45, 2.75) is 31.0 Å². The minimum atomic E-state index is -3.71. The van der Waals surface area contributed by atoms with Crippen LogP contribution in [0, 0.1) is 0 Å². The summed E-state index contributed by atoms with van der Waals surface area (Å²) in [6.45, 7) is 4.21. The quantitative estimate of drug-likeness (QED) is 0.518. The first kappa shape index (κ1) is 24.6. The number of anilines is 1. The van der Waals surface area contributed by atoms with Gasteiger partial charge in [-0.3, -0.25) is 10.1 Å². The van der Waals surface area contributed by atoms with Gasteiger partial charge < -0.3 is 18.6 Å². The Hall–Kier alpha value is -3.48. The molecule has 2 atom stereocenters. The SMILES string of the molecule is COc1cc(OC)cc(-c2nnc(NC(=O)c3ccc(S(=O)(=O)N4C[C@@H](C)O[C@H](C)C4)cc3)o2)c1. The number of carbonyl (C=O) groups excluding carboxylic acids is 1. The molecule has 0 unspecified atom stereocenters. The molecule has 12 heteroatoms. The van der Waals surface area contributed by atoms with Crippen LogP contribution in [0.1, 0.15) is 24.2 Å². The van der Waals surface area contributed by atoms with Crippen LogP contribution in [-0.2, 0) is 14.8 Å². The molecule has 1 N–H and O–H groups in total. The molecule has 186 valence electrons. The van der Waals surface area contributed by atoms with Crippen LogP contribution >= 0.6 is 0 Å². The highest BCUT2D eigenvalue weighted by Crippen LogP contribution is 2.30. The van der Waals surface area contributed by atoms with Crippen LogP contribution in [0.5, 0.6) is 11.5 Å². The highest BCUT2D eigenvalue weighted by atomic mass is 32.2. The zero-order valence-corrected chi connectivity index (χ0v) is 20.5. The fraction of sp³-hybridized carbons (Fsp3) is 0.348. The molecule has 0 spiro atoms. The minimum Gasteiger partial charge on any atom is -0.497 e. The van der Waals surface area contributed by atoms with E-state index < -0.39 is 15.9 Å². The molecule has 0 radical (unpaired) electrons. The van der Waals surface area contributed by atoms with Crippen molar-refractivity contribution >= 4 is 21.9 Å². The van der Waals surface area contributed by atoms with Gasteiger partial charge in [0.25, 0.3) is 5.91 Å². The van der Waals surface area contributed by atoms with E-state index in [2.05, 4.69) is 15.5 Å². The Balaban J connectivity index is 1.47. The zero-order valence-electron chi connectivity index (χ0n) is 19.7. The molecule has 35 heavy (non-hydrogen) atoms. The summed E-state index contributed by atoms with van der Waals surface area (Å²) >= 11 is 0. The number of ether oxygens (including phenoxy) is 3.